The molecule has 0 saturated heterocycles. The molecule has 8 heteroatoms. The number of rotatable bonds is 3. The summed E-state index contributed by atoms with van der Waals surface area (Å²) >= 11 is 11.6. The summed E-state index contributed by atoms with van der Waals surface area (Å²) in [7, 11) is 0. The average Bonchev–Trinajstić information content (AvgIpc) is 2.34. The first-order chi connectivity index (χ1) is 8.56. The minimum absolute atomic E-state index is 0.0148. The van der Waals surface area contributed by atoms with Crippen molar-refractivity contribution in [3.63, 3.8) is 0 Å². The summed E-state index contributed by atoms with van der Waals surface area (Å²) in [6.45, 7) is 0. The van der Waals surface area contributed by atoms with Crippen LogP contribution in [0.25, 0.3) is 0 Å². The molecular formula is C10H5Cl2N3O3. The molecule has 0 spiro atoms. The molecule has 0 saturated carbocycles. The lowest BCUT2D eigenvalue weighted by Crippen LogP contribution is -1.94. The summed E-state index contributed by atoms with van der Waals surface area (Å²) in [5.74, 6) is 0.387. The number of hydrogen-bond donors (Lipinski definition) is 0. The summed E-state index contributed by atoms with van der Waals surface area (Å²) in [6.07, 6.45) is 2.11. The van der Waals surface area contributed by atoms with Crippen molar-refractivity contribution in [3.8, 4) is 11.8 Å². The maximum atomic E-state index is 10.4. The Morgan fingerprint density at radius 1 is 1.17 bits per heavy atom. The number of aromatic nitrogens is 2. The van der Waals surface area contributed by atoms with E-state index in [1.807, 2.05) is 0 Å². The van der Waals surface area contributed by atoms with Crippen LogP contribution in [-0.2, 0) is 0 Å². The van der Waals surface area contributed by atoms with Crippen LogP contribution in [0, 0.1) is 10.1 Å². The van der Waals surface area contributed by atoms with Crippen LogP contribution in [0.4, 0.5) is 5.69 Å². The fourth-order valence-electron chi connectivity index (χ4n) is 1.10. The highest BCUT2D eigenvalue weighted by Crippen LogP contribution is 2.28. The Kier molecular flexibility index (Phi) is 3.59. The van der Waals surface area contributed by atoms with E-state index in [4.69, 9.17) is 27.9 Å². The number of halogens is 2. The van der Waals surface area contributed by atoms with Gasteiger partial charge in [0.25, 0.3) is 0 Å². The van der Waals surface area contributed by atoms with E-state index in [-0.39, 0.29) is 11.7 Å². The van der Waals surface area contributed by atoms with E-state index < -0.39 is 4.92 Å². The topological polar surface area (TPSA) is 78.2 Å². The van der Waals surface area contributed by atoms with Gasteiger partial charge in [0.15, 0.2) is 0 Å². The van der Waals surface area contributed by atoms with Gasteiger partial charge in [0, 0.05) is 6.07 Å². The zero-order valence-electron chi connectivity index (χ0n) is 8.71. The molecule has 1 heterocycles. The molecule has 0 bridgehead atoms. The van der Waals surface area contributed by atoms with Gasteiger partial charge >= 0.3 is 11.7 Å². The number of ether oxygens (including phenoxy) is 1. The number of hydrogen-bond acceptors (Lipinski definition) is 5. The average molecular weight is 286 g/mol. The van der Waals surface area contributed by atoms with Crippen molar-refractivity contribution < 1.29 is 9.66 Å². The SMILES string of the molecule is O=[N+]([O-])c1cnc(Oc2ccc(Cl)c(Cl)c2)nc1. The molecule has 0 aliphatic rings. The van der Waals surface area contributed by atoms with Crippen molar-refractivity contribution >= 4 is 28.9 Å². The molecule has 0 fully saturated rings. The van der Waals surface area contributed by atoms with Crippen molar-refractivity contribution in [1.82, 2.24) is 9.97 Å². The molecule has 0 radical (unpaired) electrons. The van der Waals surface area contributed by atoms with Crippen LogP contribution in [0.15, 0.2) is 30.6 Å². The van der Waals surface area contributed by atoms with Crippen LogP contribution in [-0.4, -0.2) is 14.9 Å². The Hall–Kier alpha value is -1.92. The minimum atomic E-state index is -0.594. The van der Waals surface area contributed by atoms with Gasteiger partial charge in [-0.25, -0.2) is 0 Å². The van der Waals surface area contributed by atoms with Crippen molar-refractivity contribution in [1.29, 1.82) is 0 Å². The first-order valence-electron chi connectivity index (χ1n) is 4.65. The summed E-state index contributed by atoms with van der Waals surface area (Å²) in [5, 5.41) is 11.1. The van der Waals surface area contributed by atoms with Gasteiger partial charge in [0.1, 0.15) is 18.1 Å². The molecule has 0 unspecified atom stereocenters. The predicted molar refractivity (Wildman–Crippen MR) is 65.2 cm³/mol. The van der Waals surface area contributed by atoms with Crippen LogP contribution in [0.3, 0.4) is 0 Å². The molecule has 6 nitrogen and oxygen atoms in total. The van der Waals surface area contributed by atoms with Gasteiger partial charge in [-0.05, 0) is 12.1 Å². The van der Waals surface area contributed by atoms with E-state index in [0.717, 1.165) is 12.4 Å². The van der Waals surface area contributed by atoms with Crippen LogP contribution in [0.2, 0.25) is 10.0 Å². The first-order valence-corrected chi connectivity index (χ1v) is 5.41. The second kappa shape index (κ2) is 5.16. The van der Waals surface area contributed by atoms with Gasteiger partial charge in [-0.15, -0.1) is 0 Å². The first kappa shape index (κ1) is 12.5. The zero-order valence-corrected chi connectivity index (χ0v) is 10.2. The Morgan fingerprint density at radius 2 is 1.83 bits per heavy atom. The third-order valence-corrected chi connectivity index (χ3v) is 2.66. The van der Waals surface area contributed by atoms with E-state index in [0.29, 0.717) is 15.8 Å². The third-order valence-electron chi connectivity index (χ3n) is 1.93. The van der Waals surface area contributed by atoms with E-state index in [1.54, 1.807) is 12.1 Å². The highest BCUT2D eigenvalue weighted by atomic mass is 35.5. The second-order valence-corrected chi connectivity index (χ2v) is 3.97. The van der Waals surface area contributed by atoms with E-state index >= 15 is 0 Å². The molecule has 0 aliphatic carbocycles. The number of nitrogens with zero attached hydrogens (tertiary/aromatic N) is 3. The van der Waals surface area contributed by atoms with Gasteiger partial charge in [0.05, 0.1) is 15.0 Å². The molecule has 2 rings (SSSR count). The largest absolute Gasteiger partial charge is 0.424 e. The zero-order chi connectivity index (χ0) is 13.1. The van der Waals surface area contributed by atoms with Crippen LogP contribution in [0.1, 0.15) is 0 Å². The molecule has 0 N–H and O–H groups in total. The van der Waals surface area contributed by atoms with Gasteiger partial charge in [-0.2, -0.15) is 9.97 Å². The summed E-state index contributed by atoms with van der Waals surface area (Å²) in [4.78, 5) is 17.2. The normalized spacial score (nSPS) is 10.1. The lowest BCUT2D eigenvalue weighted by Gasteiger charge is -2.04. The second-order valence-electron chi connectivity index (χ2n) is 3.16. The Bertz CT molecular complexity index is 589. The van der Waals surface area contributed by atoms with Gasteiger partial charge in [-0.3, -0.25) is 10.1 Å². The van der Waals surface area contributed by atoms with Crippen LogP contribution >= 0.6 is 23.2 Å². The summed E-state index contributed by atoms with van der Waals surface area (Å²) in [5.41, 5.74) is -0.212. The highest BCUT2D eigenvalue weighted by molar-refractivity contribution is 6.42. The van der Waals surface area contributed by atoms with Gasteiger partial charge in [-0.1, -0.05) is 23.2 Å². The molecule has 1 aromatic heterocycles. The Labute approximate surface area is 111 Å². The highest BCUT2D eigenvalue weighted by Gasteiger charge is 2.08. The van der Waals surface area contributed by atoms with Crippen LogP contribution in [0.5, 0.6) is 11.8 Å². The van der Waals surface area contributed by atoms with Crippen molar-refractivity contribution in [2.45, 2.75) is 0 Å². The van der Waals surface area contributed by atoms with Gasteiger partial charge in [0.2, 0.25) is 0 Å². The number of benzene rings is 1. The third kappa shape index (κ3) is 2.85. The summed E-state index contributed by atoms with van der Waals surface area (Å²) < 4.78 is 5.26. The van der Waals surface area contributed by atoms with Crippen molar-refractivity contribution in [3.05, 3.63) is 50.8 Å². The molecule has 92 valence electrons. The maximum Gasteiger partial charge on any atom is 0.322 e. The van der Waals surface area contributed by atoms with Crippen molar-refractivity contribution in [2.75, 3.05) is 0 Å². The number of nitro groups is 1. The lowest BCUT2D eigenvalue weighted by atomic mass is 10.3. The fourth-order valence-corrected chi connectivity index (χ4v) is 1.39. The minimum Gasteiger partial charge on any atom is -0.424 e. The molecular weight excluding hydrogens is 281 g/mol. The molecule has 0 aliphatic heterocycles. The molecule has 1 aromatic carbocycles. The predicted octanol–water partition coefficient (Wildman–Crippen LogP) is 3.48. The maximum absolute atomic E-state index is 10.4. The summed E-state index contributed by atoms with van der Waals surface area (Å²) in [6, 6.07) is 4.62. The molecule has 18 heavy (non-hydrogen) atoms. The van der Waals surface area contributed by atoms with E-state index in [9.17, 15) is 10.1 Å². The molecule has 0 amide bonds. The van der Waals surface area contributed by atoms with Crippen LogP contribution < -0.4 is 4.74 Å². The van der Waals surface area contributed by atoms with Crippen molar-refractivity contribution in [2.24, 2.45) is 0 Å². The lowest BCUT2D eigenvalue weighted by molar-refractivity contribution is -0.385. The van der Waals surface area contributed by atoms with E-state index in [2.05, 4.69) is 9.97 Å². The Morgan fingerprint density at radius 3 is 2.39 bits per heavy atom. The smallest absolute Gasteiger partial charge is 0.322 e. The van der Waals surface area contributed by atoms with Gasteiger partial charge < -0.3 is 4.74 Å². The monoisotopic (exact) mass is 285 g/mol. The Balaban J connectivity index is 2.18. The fraction of sp³-hybridized carbons (Fsp3) is 0. The van der Waals surface area contributed by atoms with E-state index in [1.165, 1.54) is 6.07 Å². The molecule has 2 aromatic rings. The molecule has 0 atom stereocenters. The quantitative estimate of drug-likeness (QED) is 0.637. The standard InChI is InChI=1S/C10H5Cl2N3O3/c11-8-2-1-7(3-9(8)12)18-10-13-4-6(5-14-10)15(16)17/h1-5H.